The minimum atomic E-state index is -3.84. The Morgan fingerprint density at radius 1 is 0.913 bits per heavy atom. The molecule has 0 aliphatic rings. The van der Waals surface area contributed by atoms with Gasteiger partial charge in [0.1, 0.15) is 0 Å². The van der Waals surface area contributed by atoms with Gasteiger partial charge in [-0.05, 0) is 55.9 Å². The Kier molecular flexibility index (Phi) is 5.00. The van der Waals surface area contributed by atoms with E-state index in [0.29, 0.717) is 10.6 Å². The summed E-state index contributed by atoms with van der Waals surface area (Å²) in [7, 11) is -6.22. The van der Waals surface area contributed by atoms with Gasteiger partial charge in [-0.25, -0.2) is 21.6 Å². The molecule has 0 aliphatic heterocycles. The first-order valence-corrected chi connectivity index (χ1v) is 9.83. The SMILES string of the molecule is CNS(=O)(=O)c1cc(NS(=O)(=O)c2ccc(Cl)cc2)ccc1C. The zero-order valence-electron chi connectivity index (χ0n) is 12.4. The average molecular weight is 375 g/mol. The lowest BCUT2D eigenvalue weighted by Crippen LogP contribution is -2.20. The second kappa shape index (κ2) is 6.48. The standard InChI is InChI=1S/C14H15ClN2O4S2/c1-10-3-6-12(9-14(10)23(20,21)16-2)17-22(18,19)13-7-4-11(15)5-8-13/h3-9,16-17H,1-2H3. The molecule has 0 bridgehead atoms. The molecule has 0 aliphatic carbocycles. The number of hydrogen-bond acceptors (Lipinski definition) is 4. The molecule has 0 aromatic heterocycles. The van der Waals surface area contributed by atoms with Crippen LogP contribution in [0.4, 0.5) is 5.69 Å². The minimum Gasteiger partial charge on any atom is -0.280 e. The van der Waals surface area contributed by atoms with Gasteiger partial charge in [-0.3, -0.25) is 4.72 Å². The van der Waals surface area contributed by atoms with Crippen LogP contribution >= 0.6 is 11.6 Å². The summed E-state index contributed by atoms with van der Waals surface area (Å²) in [6, 6.07) is 9.95. The summed E-state index contributed by atoms with van der Waals surface area (Å²) in [5, 5.41) is 0.418. The van der Waals surface area contributed by atoms with Gasteiger partial charge in [-0.1, -0.05) is 17.7 Å². The molecular weight excluding hydrogens is 360 g/mol. The Morgan fingerprint density at radius 2 is 1.52 bits per heavy atom. The summed E-state index contributed by atoms with van der Waals surface area (Å²) in [6.07, 6.45) is 0. The number of aryl methyl sites for hydroxylation is 1. The normalized spacial score (nSPS) is 12.1. The molecule has 6 nitrogen and oxygen atoms in total. The topological polar surface area (TPSA) is 92.3 Å². The molecule has 2 rings (SSSR count). The molecule has 9 heteroatoms. The molecule has 0 unspecified atom stereocenters. The van der Waals surface area contributed by atoms with E-state index in [1.807, 2.05) is 0 Å². The molecule has 2 aromatic rings. The highest BCUT2D eigenvalue weighted by molar-refractivity contribution is 7.92. The Balaban J connectivity index is 2.41. The quantitative estimate of drug-likeness (QED) is 0.840. The second-order valence-electron chi connectivity index (χ2n) is 4.75. The van der Waals surface area contributed by atoms with Crippen molar-refractivity contribution in [3.63, 3.8) is 0 Å². The number of benzene rings is 2. The van der Waals surface area contributed by atoms with Crippen LogP contribution < -0.4 is 9.44 Å². The highest BCUT2D eigenvalue weighted by Crippen LogP contribution is 2.23. The van der Waals surface area contributed by atoms with Gasteiger partial charge in [0.05, 0.1) is 15.5 Å². The van der Waals surface area contributed by atoms with Gasteiger partial charge in [0.25, 0.3) is 10.0 Å². The molecule has 0 saturated heterocycles. The third kappa shape index (κ3) is 4.03. The zero-order chi connectivity index (χ0) is 17.3. The van der Waals surface area contributed by atoms with Crippen LogP contribution in [0.15, 0.2) is 52.3 Å². The maximum atomic E-state index is 12.3. The van der Waals surface area contributed by atoms with Gasteiger partial charge in [-0.2, -0.15) is 0 Å². The van der Waals surface area contributed by atoms with Crippen molar-refractivity contribution >= 4 is 37.3 Å². The van der Waals surface area contributed by atoms with Crippen LogP contribution in [0.25, 0.3) is 0 Å². The minimum absolute atomic E-state index is 0.0105. The number of rotatable bonds is 5. The third-order valence-corrected chi connectivity index (χ3v) is 6.33. The van der Waals surface area contributed by atoms with Crippen molar-refractivity contribution in [3.8, 4) is 0 Å². The molecule has 0 amide bonds. The molecule has 2 N–H and O–H groups in total. The highest BCUT2D eigenvalue weighted by atomic mass is 35.5. The van der Waals surface area contributed by atoms with Crippen molar-refractivity contribution in [2.75, 3.05) is 11.8 Å². The van der Waals surface area contributed by atoms with Crippen molar-refractivity contribution < 1.29 is 16.8 Å². The maximum Gasteiger partial charge on any atom is 0.261 e. The van der Waals surface area contributed by atoms with Crippen LogP contribution in [0, 0.1) is 6.92 Å². The monoisotopic (exact) mass is 374 g/mol. The smallest absolute Gasteiger partial charge is 0.261 e. The van der Waals surface area contributed by atoms with E-state index in [2.05, 4.69) is 9.44 Å². The Hall–Kier alpha value is -1.61. The number of nitrogens with one attached hydrogen (secondary N) is 2. The molecule has 23 heavy (non-hydrogen) atoms. The Morgan fingerprint density at radius 3 is 2.09 bits per heavy atom. The summed E-state index contributed by atoms with van der Waals surface area (Å²) in [5.41, 5.74) is 0.660. The lowest BCUT2D eigenvalue weighted by atomic mass is 10.2. The highest BCUT2D eigenvalue weighted by Gasteiger charge is 2.18. The number of sulfonamides is 2. The first kappa shape index (κ1) is 17.7. The van der Waals surface area contributed by atoms with Crippen molar-refractivity contribution in [2.45, 2.75) is 16.7 Å². The van der Waals surface area contributed by atoms with E-state index < -0.39 is 20.0 Å². The molecular formula is C14H15ClN2O4S2. The summed E-state index contributed by atoms with van der Waals surface area (Å²) in [5.74, 6) is 0. The van der Waals surface area contributed by atoms with Crippen molar-refractivity contribution in [3.05, 3.63) is 53.1 Å². The lowest BCUT2D eigenvalue weighted by Gasteiger charge is -2.11. The third-order valence-electron chi connectivity index (χ3n) is 3.12. The van der Waals surface area contributed by atoms with Crippen LogP contribution in [-0.2, 0) is 20.0 Å². The van der Waals surface area contributed by atoms with E-state index in [9.17, 15) is 16.8 Å². The van der Waals surface area contributed by atoms with Gasteiger partial charge in [0.2, 0.25) is 10.0 Å². The molecule has 0 fully saturated rings. The summed E-state index contributed by atoms with van der Waals surface area (Å²) in [4.78, 5) is 0.0387. The van der Waals surface area contributed by atoms with Crippen LogP contribution in [0.1, 0.15) is 5.56 Å². The molecule has 124 valence electrons. The first-order valence-electron chi connectivity index (χ1n) is 6.48. The summed E-state index contributed by atoms with van der Waals surface area (Å²) >= 11 is 5.74. The molecule has 0 atom stereocenters. The van der Waals surface area contributed by atoms with E-state index in [4.69, 9.17) is 11.6 Å². The fourth-order valence-electron chi connectivity index (χ4n) is 1.89. The predicted octanol–water partition coefficient (Wildman–Crippen LogP) is 2.36. The van der Waals surface area contributed by atoms with Gasteiger partial charge < -0.3 is 0 Å². The van der Waals surface area contributed by atoms with Crippen molar-refractivity contribution in [2.24, 2.45) is 0 Å². The molecule has 0 heterocycles. The maximum absolute atomic E-state index is 12.3. The average Bonchev–Trinajstić information content (AvgIpc) is 2.49. The van der Waals surface area contributed by atoms with Crippen LogP contribution in [0.2, 0.25) is 5.02 Å². The van der Waals surface area contributed by atoms with Crippen LogP contribution in [-0.4, -0.2) is 23.9 Å². The summed E-state index contributed by atoms with van der Waals surface area (Å²) in [6.45, 7) is 1.63. The molecule has 2 aromatic carbocycles. The first-order chi connectivity index (χ1) is 10.7. The number of anilines is 1. The van der Waals surface area contributed by atoms with E-state index in [1.54, 1.807) is 6.92 Å². The Labute approximate surface area is 140 Å². The van der Waals surface area contributed by atoms with Gasteiger partial charge in [0, 0.05) is 5.02 Å². The Bertz CT molecular complexity index is 924. The molecule has 0 saturated carbocycles. The van der Waals surface area contributed by atoms with E-state index in [-0.39, 0.29) is 15.5 Å². The van der Waals surface area contributed by atoms with Gasteiger partial charge in [-0.15, -0.1) is 0 Å². The van der Waals surface area contributed by atoms with E-state index >= 15 is 0 Å². The fourth-order valence-corrected chi connectivity index (χ4v) is 4.06. The fraction of sp³-hybridized carbons (Fsp3) is 0.143. The molecule has 0 radical (unpaired) electrons. The summed E-state index contributed by atoms with van der Waals surface area (Å²) < 4.78 is 53.1. The number of hydrogen-bond donors (Lipinski definition) is 2. The van der Waals surface area contributed by atoms with E-state index in [1.165, 1.54) is 49.5 Å². The second-order valence-corrected chi connectivity index (χ2v) is 8.72. The predicted molar refractivity (Wildman–Crippen MR) is 89.7 cm³/mol. The van der Waals surface area contributed by atoms with Gasteiger partial charge in [0.15, 0.2) is 0 Å². The van der Waals surface area contributed by atoms with Crippen LogP contribution in [0.3, 0.4) is 0 Å². The molecule has 0 spiro atoms. The van der Waals surface area contributed by atoms with Gasteiger partial charge >= 0.3 is 0 Å². The largest absolute Gasteiger partial charge is 0.280 e. The van der Waals surface area contributed by atoms with Crippen molar-refractivity contribution in [1.29, 1.82) is 0 Å². The van der Waals surface area contributed by atoms with Crippen LogP contribution in [0.5, 0.6) is 0 Å². The lowest BCUT2D eigenvalue weighted by molar-refractivity contribution is 0.587. The van der Waals surface area contributed by atoms with Crippen molar-refractivity contribution in [1.82, 2.24) is 4.72 Å². The zero-order valence-corrected chi connectivity index (χ0v) is 14.8. The van der Waals surface area contributed by atoms with E-state index in [0.717, 1.165) is 0 Å². The number of halogens is 1.